The second-order valence-electron chi connectivity index (χ2n) is 3.88. The van der Waals surface area contributed by atoms with Crippen LogP contribution in [0.25, 0.3) is 0 Å². The van der Waals surface area contributed by atoms with E-state index in [1.54, 1.807) is 0 Å². The van der Waals surface area contributed by atoms with Crippen LogP contribution in [0.15, 0.2) is 0 Å². The Morgan fingerprint density at radius 2 is 1.76 bits per heavy atom. The molecule has 0 spiro atoms. The normalized spacial score (nSPS) is 12.3. The van der Waals surface area contributed by atoms with Crippen molar-refractivity contribution in [3.63, 3.8) is 0 Å². The number of unbranched alkanes of at least 4 members (excludes halogenated alkanes) is 3. The second kappa shape index (κ2) is 10.8. The number of halogens is 1. The van der Waals surface area contributed by atoms with Crippen LogP contribution in [0.2, 0.25) is 0 Å². The molecule has 5 nitrogen and oxygen atoms in total. The van der Waals surface area contributed by atoms with Gasteiger partial charge in [0.2, 0.25) is 0 Å². The zero-order valence-electron chi connectivity index (χ0n) is 9.82. The lowest BCUT2D eigenvalue weighted by molar-refractivity contribution is -0.140. The molecule has 0 saturated carbocycles. The molecule has 0 aromatic rings. The molecule has 3 N–H and O–H groups in total. The Morgan fingerprint density at radius 3 is 2.29 bits per heavy atom. The van der Waals surface area contributed by atoms with Crippen molar-refractivity contribution in [1.82, 2.24) is 5.32 Å². The van der Waals surface area contributed by atoms with Gasteiger partial charge in [-0.2, -0.15) is 0 Å². The number of rotatable bonds is 11. The molecule has 0 radical (unpaired) electrons. The second-order valence-corrected chi connectivity index (χ2v) is 4.96. The van der Waals surface area contributed by atoms with Gasteiger partial charge in [0.25, 0.3) is 0 Å². The summed E-state index contributed by atoms with van der Waals surface area (Å²) in [5, 5.41) is 20.2. The third kappa shape index (κ3) is 10.5. The van der Waals surface area contributed by atoms with Crippen molar-refractivity contribution in [3.05, 3.63) is 0 Å². The quantitative estimate of drug-likeness (QED) is 0.299. The van der Waals surface area contributed by atoms with Crippen LogP contribution in [-0.2, 0) is 9.59 Å². The van der Waals surface area contributed by atoms with Gasteiger partial charge in [0.15, 0.2) is 0 Å². The van der Waals surface area contributed by atoms with Crippen molar-refractivity contribution < 1.29 is 19.8 Å². The van der Waals surface area contributed by atoms with Crippen LogP contribution in [-0.4, -0.2) is 39.2 Å². The lowest BCUT2D eigenvalue weighted by atomic mass is 10.1. The third-order valence-electron chi connectivity index (χ3n) is 2.40. The van der Waals surface area contributed by atoms with E-state index in [-0.39, 0.29) is 12.8 Å². The Hall–Kier alpha value is -0.370. The fourth-order valence-electron chi connectivity index (χ4n) is 1.43. The molecular formula is C11H20INO4. The highest BCUT2D eigenvalue weighted by Crippen LogP contribution is 2.03. The van der Waals surface area contributed by atoms with Crippen molar-refractivity contribution in [2.75, 3.05) is 11.0 Å². The van der Waals surface area contributed by atoms with Crippen molar-refractivity contribution in [1.29, 1.82) is 0 Å². The molecule has 17 heavy (non-hydrogen) atoms. The summed E-state index contributed by atoms with van der Waals surface area (Å²) >= 11 is 2.34. The van der Waals surface area contributed by atoms with Gasteiger partial charge in [-0.1, -0.05) is 35.4 Å². The molecule has 0 heterocycles. The Balaban J connectivity index is 3.63. The largest absolute Gasteiger partial charge is 0.481 e. The fourth-order valence-corrected chi connectivity index (χ4v) is 1.97. The van der Waals surface area contributed by atoms with Gasteiger partial charge in [-0.25, -0.2) is 0 Å². The van der Waals surface area contributed by atoms with E-state index in [0.717, 1.165) is 23.7 Å². The number of alkyl halides is 1. The lowest BCUT2D eigenvalue weighted by Crippen LogP contribution is -2.37. The summed E-state index contributed by atoms with van der Waals surface area (Å²) in [5.41, 5.74) is 0. The minimum Gasteiger partial charge on any atom is -0.481 e. The molecule has 0 aliphatic heterocycles. The number of carboxylic acid groups (broad SMARTS) is 2. The van der Waals surface area contributed by atoms with Crippen LogP contribution in [0, 0.1) is 0 Å². The molecular weight excluding hydrogens is 337 g/mol. The molecule has 0 aromatic carbocycles. The molecule has 0 fully saturated rings. The van der Waals surface area contributed by atoms with Crippen molar-refractivity contribution in [2.45, 2.75) is 44.6 Å². The summed E-state index contributed by atoms with van der Waals surface area (Å²) in [6, 6.07) is -0.740. The third-order valence-corrected chi connectivity index (χ3v) is 3.16. The summed E-state index contributed by atoms with van der Waals surface area (Å²) in [6.45, 7) is 0.637. The average Bonchev–Trinajstić information content (AvgIpc) is 2.26. The summed E-state index contributed by atoms with van der Waals surface area (Å²) in [7, 11) is 0. The highest BCUT2D eigenvalue weighted by Gasteiger charge is 2.17. The molecule has 0 rings (SSSR count). The fraction of sp³-hybridized carbons (Fsp3) is 0.818. The first-order valence-electron chi connectivity index (χ1n) is 5.82. The Kier molecular flexibility index (Phi) is 10.5. The number of carboxylic acids is 2. The van der Waals surface area contributed by atoms with E-state index in [9.17, 15) is 9.59 Å². The highest BCUT2D eigenvalue weighted by molar-refractivity contribution is 14.1. The average molecular weight is 357 g/mol. The molecule has 0 aromatic heterocycles. The Bertz CT molecular complexity index is 236. The lowest BCUT2D eigenvalue weighted by Gasteiger charge is -2.13. The van der Waals surface area contributed by atoms with E-state index < -0.39 is 18.0 Å². The molecule has 0 amide bonds. The van der Waals surface area contributed by atoms with Crippen molar-refractivity contribution in [3.8, 4) is 0 Å². The van der Waals surface area contributed by atoms with Crippen LogP contribution in [0.3, 0.4) is 0 Å². The first kappa shape index (κ1) is 16.6. The topological polar surface area (TPSA) is 86.6 Å². The van der Waals surface area contributed by atoms with Crippen LogP contribution in [0.5, 0.6) is 0 Å². The van der Waals surface area contributed by atoms with E-state index in [1.165, 1.54) is 6.42 Å². The van der Waals surface area contributed by atoms with Crippen LogP contribution < -0.4 is 5.32 Å². The van der Waals surface area contributed by atoms with Gasteiger partial charge < -0.3 is 15.5 Å². The zero-order chi connectivity index (χ0) is 13.1. The van der Waals surface area contributed by atoms with Gasteiger partial charge in [-0.05, 0) is 30.2 Å². The van der Waals surface area contributed by atoms with Gasteiger partial charge in [-0.3, -0.25) is 9.59 Å². The Morgan fingerprint density at radius 1 is 1.12 bits per heavy atom. The molecule has 0 saturated heterocycles. The van der Waals surface area contributed by atoms with Crippen LogP contribution in [0.4, 0.5) is 0 Å². The smallest absolute Gasteiger partial charge is 0.320 e. The van der Waals surface area contributed by atoms with Gasteiger partial charge >= 0.3 is 11.9 Å². The van der Waals surface area contributed by atoms with Gasteiger partial charge in [-0.15, -0.1) is 0 Å². The first-order chi connectivity index (χ1) is 8.07. The standard InChI is InChI=1S/C11H20INO4/c12-7-3-1-2-4-8-13-9(11(16)17)5-6-10(14)15/h9,13H,1-8H2,(H,14,15)(H,16,17)/t9-/m0/s1. The van der Waals surface area contributed by atoms with Crippen molar-refractivity contribution >= 4 is 34.5 Å². The molecule has 6 heteroatoms. The van der Waals surface area contributed by atoms with Crippen LogP contribution in [0.1, 0.15) is 38.5 Å². The highest BCUT2D eigenvalue weighted by atomic mass is 127. The van der Waals surface area contributed by atoms with Gasteiger partial charge in [0, 0.05) is 6.42 Å². The summed E-state index contributed by atoms with van der Waals surface area (Å²) in [4.78, 5) is 21.2. The van der Waals surface area contributed by atoms with Crippen LogP contribution >= 0.6 is 22.6 Å². The molecule has 0 aliphatic rings. The van der Waals surface area contributed by atoms with E-state index >= 15 is 0 Å². The molecule has 0 unspecified atom stereocenters. The predicted octanol–water partition coefficient (Wildman–Crippen LogP) is 1.89. The molecule has 0 aliphatic carbocycles. The maximum atomic E-state index is 10.8. The number of hydrogen-bond acceptors (Lipinski definition) is 3. The number of carbonyl (C=O) groups is 2. The zero-order valence-corrected chi connectivity index (χ0v) is 12.0. The monoisotopic (exact) mass is 357 g/mol. The maximum Gasteiger partial charge on any atom is 0.320 e. The minimum absolute atomic E-state index is 0.112. The summed E-state index contributed by atoms with van der Waals surface area (Å²) in [5.74, 6) is -1.93. The number of nitrogens with one attached hydrogen (secondary N) is 1. The minimum atomic E-state index is -0.974. The number of aliphatic carboxylic acids is 2. The Labute approximate surface area is 115 Å². The summed E-state index contributed by atoms with van der Waals surface area (Å²) < 4.78 is 1.15. The maximum absolute atomic E-state index is 10.8. The molecule has 1 atom stereocenters. The summed E-state index contributed by atoms with van der Waals surface area (Å²) in [6.07, 6.45) is 4.41. The van der Waals surface area contributed by atoms with E-state index in [2.05, 4.69) is 27.9 Å². The first-order valence-corrected chi connectivity index (χ1v) is 7.34. The number of hydrogen-bond donors (Lipinski definition) is 3. The van der Waals surface area contributed by atoms with Gasteiger partial charge in [0.1, 0.15) is 6.04 Å². The van der Waals surface area contributed by atoms with Crippen molar-refractivity contribution in [2.24, 2.45) is 0 Å². The SMILES string of the molecule is O=C(O)CC[C@H](NCCCCCCI)C(=O)O. The van der Waals surface area contributed by atoms with Gasteiger partial charge in [0.05, 0.1) is 0 Å². The van der Waals surface area contributed by atoms with E-state index in [4.69, 9.17) is 10.2 Å². The molecule has 0 bridgehead atoms. The predicted molar refractivity (Wildman–Crippen MR) is 73.7 cm³/mol. The van der Waals surface area contributed by atoms with E-state index in [1.807, 2.05) is 0 Å². The molecule has 100 valence electrons. The van der Waals surface area contributed by atoms with E-state index in [0.29, 0.717) is 6.54 Å².